The minimum atomic E-state index is -0.712. The Labute approximate surface area is 145 Å². The molecule has 1 unspecified atom stereocenters. The van der Waals surface area contributed by atoms with E-state index < -0.39 is 11.9 Å². The number of hydrogen-bond donors (Lipinski definition) is 2. The van der Waals surface area contributed by atoms with Gasteiger partial charge in [0.25, 0.3) is 0 Å². The molecule has 132 valence electrons. The number of rotatable bonds is 9. The number of nitrogens with zero attached hydrogens (tertiary/aromatic N) is 1. The van der Waals surface area contributed by atoms with Crippen LogP contribution < -0.4 is 5.32 Å². The summed E-state index contributed by atoms with van der Waals surface area (Å²) in [6.07, 6.45) is 11.0. The zero-order valence-electron chi connectivity index (χ0n) is 14.8. The van der Waals surface area contributed by atoms with Crippen molar-refractivity contribution in [2.75, 3.05) is 11.9 Å². The maximum Gasteiger partial charge on any atom is 0.312 e. The maximum atomic E-state index is 11.9. The number of fused-ring (bicyclic) bond motifs is 1. The van der Waals surface area contributed by atoms with Gasteiger partial charge >= 0.3 is 5.97 Å². The zero-order chi connectivity index (χ0) is 16.9. The van der Waals surface area contributed by atoms with E-state index in [4.69, 9.17) is 4.98 Å². The van der Waals surface area contributed by atoms with E-state index in [2.05, 4.69) is 18.3 Å². The fourth-order valence-corrected chi connectivity index (χ4v) is 3.75. The highest BCUT2D eigenvalue weighted by Crippen LogP contribution is 2.45. The summed E-state index contributed by atoms with van der Waals surface area (Å²) in [7, 11) is 0. The van der Waals surface area contributed by atoms with Gasteiger partial charge in [-0.3, -0.25) is 4.79 Å². The first-order valence-electron chi connectivity index (χ1n) is 9.71. The Kier molecular flexibility index (Phi) is 5.75. The van der Waals surface area contributed by atoms with Crippen LogP contribution in [-0.2, 0) is 11.2 Å². The first kappa shape index (κ1) is 17.2. The van der Waals surface area contributed by atoms with Crippen LogP contribution in [0.2, 0.25) is 0 Å². The number of anilines is 1. The van der Waals surface area contributed by atoms with Gasteiger partial charge in [-0.05, 0) is 49.1 Å². The van der Waals surface area contributed by atoms with Gasteiger partial charge in [0.2, 0.25) is 0 Å². The molecule has 1 aliphatic heterocycles. The van der Waals surface area contributed by atoms with Crippen molar-refractivity contribution < 1.29 is 9.90 Å². The van der Waals surface area contributed by atoms with Gasteiger partial charge in [-0.2, -0.15) is 0 Å². The van der Waals surface area contributed by atoms with Crippen molar-refractivity contribution in [2.24, 2.45) is 0 Å². The number of carboxylic acids is 1. The van der Waals surface area contributed by atoms with Crippen LogP contribution in [0.1, 0.15) is 93.4 Å². The summed E-state index contributed by atoms with van der Waals surface area (Å²) in [5, 5.41) is 13.2. The third-order valence-corrected chi connectivity index (χ3v) is 5.32. The van der Waals surface area contributed by atoms with Crippen molar-refractivity contribution in [3.63, 3.8) is 0 Å². The van der Waals surface area contributed by atoms with Gasteiger partial charge in [-0.15, -0.1) is 0 Å². The second kappa shape index (κ2) is 8.00. The number of nitrogens with one attached hydrogen (secondary N) is 1. The molecular weight excluding hydrogens is 300 g/mol. The van der Waals surface area contributed by atoms with Crippen LogP contribution in [-0.4, -0.2) is 22.6 Å². The van der Waals surface area contributed by atoms with Crippen molar-refractivity contribution >= 4 is 11.8 Å². The lowest BCUT2D eigenvalue weighted by Gasteiger charge is -2.23. The number of carbonyl (C=O) groups is 1. The molecule has 24 heavy (non-hydrogen) atoms. The molecule has 1 saturated carbocycles. The molecule has 0 aromatic carbocycles. The predicted molar refractivity (Wildman–Crippen MR) is 96.8 cm³/mol. The van der Waals surface area contributed by atoms with Gasteiger partial charge in [0, 0.05) is 6.54 Å². The molecule has 1 aliphatic carbocycles. The molecule has 2 heterocycles. The van der Waals surface area contributed by atoms with Crippen LogP contribution in [0.4, 0.5) is 5.82 Å². The van der Waals surface area contributed by atoms with Crippen molar-refractivity contribution in [2.45, 2.75) is 83.0 Å². The highest BCUT2D eigenvalue weighted by molar-refractivity contribution is 5.76. The van der Waals surface area contributed by atoms with Crippen molar-refractivity contribution in [1.82, 2.24) is 4.98 Å². The van der Waals surface area contributed by atoms with Gasteiger partial charge in [-0.1, -0.05) is 45.1 Å². The Bertz CT molecular complexity index is 581. The summed E-state index contributed by atoms with van der Waals surface area (Å²) in [6.45, 7) is 3.14. The molecule has 4 nitrogen and oxygen atoms in total. The smallest absolute Gasteiger partial charge is 0.312 e. The number of aromatic nitrogens is 1. The summed E-state index contributed by atoms with van der Waals surface area (Å²) < 4.78 is 0. The van der Waals surface area contributed by atoms with Crippen molar-refractivity contribution in [1.29, 1.82) is 0 Å². The summed E-state index contributed by atoms with van der Waals surface area (Å²) in [6, 6.07) is 2.26. The van der Waals surface area contributed by atoms with E-state index in [0.717, 1.165) is 43.7 Å². The van der Waals surface area contributed by atoms with Crippen LogP contribution in [0, 0.1) is 0 Å². The van der Waals surface area contributed by atoms with E-state index in [1.807, 2.05) is 0 Å². The Morgan fingerprint density at radius 1 is 1.33 bits per heavy atom. The van der Waals surface area contributed by atoms with E-state index in [1.54, 1.807) is 0 Å². The Morgan fingerprint density at radius 3 is 2.83 bits per heavy atom. The number of aliphatic carboxylic acids is 1. The van der Waals surface area contributed by atoms with E-state index >= 15 is 0 Å². The molecule has 0 radical (unpaired) electrons. The standard InChI is InChI=1S/C20H30N2O2/c1-2-3-4-5-6-9-16(20(23)24)18-17(14-10-11-14)13-15-8-7-12-21-19(15)22-18/h13-14,16H,2-12H2,1H3,(H,21,22)(H,23,24). The average Bonchev–Trinajstić information content (AvgIpc) is 3.41. The van der Waals surface area contributed by atoms with E-state index in [0.29, 0.717) is 12.3 Å². The molecule has 2 aliphatic rings. The third-order valence-electron chi connectivity index (χ3n) is 5.32. The maximum absolute atomic E-state index is 11.9. The van der Waals surface area contributed by atoms with Crippen LogP contribution >= 0.6 is 0 Å². The van der Waals surface area contributed by atoms with Crippen LogP contribution in [0.3, 0.4) is 0 Å². The third kappa shape index (κ3) is 4.08. The van der Waals surface area contributed by atoms with E-state index in [1.165, 1.54) is 43.2 Å². The Morgan fingerprint density at radius 2 is 2.12 bits per heavy atom. The summed E-state index contributed by atoms with van der Waals surface area (Å²) in [5.74, 6) is 0.312. The quantitative estimate of drug-likeness (QED) is 0.636. The van der Waals surface area contributed by atoms with Gasteiger partial charge in [0.05, 0.1) is 11.6 Å². The lowest BCUT2D eigenvalue weighted by Crippen LogP contribution is -2.20. The van der Waals surface area contributed by atoms with E-state index in [9.17, 15) is 9.90 Å². The van der Waals surface area contributed by atoms with Crippen molar-refractivity contribution in [3.05, 3.63) is 22.9 Å². The number of aryl methyl sites for hydroxylation is 1. The number of unbranched alkanes of at least 4 members (excludes halogenated alkanes) is 4. The highest BCUT2D eigenvalue weighted by atomic mass is 16.4. The molecule has 1 aromatic heterocycles. The Balaban J connectivity index is 1.79. The second-order valence-electron chi connectivity index (χ2n) is 7.37. The number of hydrogen-bond acceptors (Lipinski definition) is 3. The molecule has 3 rings (SSSR count). The van der Waals surface area contributed by atoms with Crippen molar-refractivity contribution in [3.8, 4) is 0 Å². The topological polar surface area (TPSA) is 62.2 Å². The summed E-state index contributed by atoms with van der Waals surface area (Å²) in [5.41, 5.74) is 3.34. The van der Waals surface area contributed by atoms with Crippen LogP contribution in [0.25, 0.3) is 0 Å². The molecule has 0 amide bonds. The molecule has 1 aromatic rings. The lowest BCUT2D eigenvalue weighted by molar-refractivity contribution is -0.139. The van der Waals surface area contributed by atoms with Gasteiger partial charge < -0.3 is 10.4 Å². The lowest BCUT2D eigenvalue weighted by atomic mass is 9.90. The zero-order valence-corrected chi connectivity index (χ0v) is 14.8. The first-order chi connectivity index (χ1) is 11.7. The monoisotopic (exact) mass is 330 g/mol. The largest absolute Gasteiger partial charge is 0.481 e. The molecular formula is C20H30N2O2. The SMILES string of the molecule is CCCCCCCC(C(=O)O)c1nc2c(cc1C1CC1)CCCN2. The molecule has 2 N–H and O–H groups in total. The highest BCUT2D eigenvalue weighted by Gasteiger charge is 2.33. The molecule has 1 fully saturated rings. The summed E-state index contributed by atoms with van der Waals surface area (Å²) >= 11 is 0. The minimum Gasteiger partial charge on any atom is -0.481 e. The fraction of sp³-hybridized carbons (Fsp3) is 0.700. The number of pyridine rings is 1. The molecule has 4 heteroatoms. The van der Waals surface area contributed by atoms with Crippen LogP contribution in [0.15, 0.2) is 6.07 Å². The number of carboxylic acid groups (broad SMARTS) is 1. The molecule has 0 bridgehead atoms. The predicted octanol–water partition coefficient (Wildman–Crippen LogP) is 4.85. The first-order valence-corrected chi connectivity index (χ1v) is 9.71. The normalized spacial score (nSPS) is 17.9. The van der Waals surface area contributed by atoms with E-state index in [-0.39, 0.29) is 0 Å². The average molecular weight is 330 g/mol. The Hall–Kier alpha value is -1.58. The molecule has 0 spiro atoms. The van der Waals surface area contributed by atoms with Gasteiger partial charge in [-0.25, -0.2) is 4.98 Å². The fourth-order valence-electron chi connectivity index (χ4n) is 3.75. The van der Waals surface area contributed by atoms with Crippen LogP contribution in [0.5, 0.6) is 0 Å². The second-order valence-corrected chi connectivity index (χ2v) is 7.37. The van der Waals surface area contributed by atoms with Gasteiger partial charge in [0.15, 0.2) is 0 Å². The minimum absolute atomic E-state index is 0.448. The molecule has 0 saturated heterocycles. The molecule has 1 atom stereocenters. The summed E-state index contributed by atoms with van der Waals surface area (Å²) in [4.78, 5) is 16.7. The van der Waals surface area contributed by atoms with Gasteiger partial charge in [0.1, 0.15) is 5.82 Å².